The zero-order valence-electron chi connectivity index (χ0n) is 11.1. The number of carbonyl (C=O) groups excluding carboxylic acids is 1. The summed E-state index contributed by atoms with van der Waals surface area (Å²) in [5, 5.41) is 0. The van der Waals surface area contributed by atoms with Gasteiger partial charge in [0.2, 0.25) is 0 Å². The van der Waals surface area contributed by atoms with Crippen LogP contribution < -0.4 is 4.74 Å². The number of carbonyl (C=O) groups is 1. The second-order valence-electron chi connectivity index (χ2n) is 4.15. The zero-order valence-corrected chi connectivity index (χ0v) is 13.5. The number of hydrogen-bond donors (Lipinski definition) is 0. The molecule has 0 heterocycles. The summed E-state index contributed by atoms with van der Waals surface area (Å²) in [6.45, 7) is 1.50. The molecule has 0 aromatic heterocycles. The fraction of sp³-hybridized carbons (Fsp3) is 0.133. The molecular formula is C15H13BrO3S. The minimum Gasteiger partial charge on any atom is -0.497 e. The van der Waals surface area contributed by atoms with Crippen molar-refractivity contribution in [1.29, 1.82) is 0 Å². The molecule has 2 rings (SSSR count). The van der Waals surface area contributed by atoms with Crippen molar-refractivity contribution < 1.29 is 13.7 Å². The molecule has 0 saturated carbocycles. The molecule has 0 aliphatic carbocycles. The Morgan fingerprint density at radius 2 is 1.80 bits per heavy atom. The number of Topliss-reactive ketones (excluding diaryl/α,β-unsaturated/α-hetero) is 1. The smallest absolute Gasteiger partial charge is 0.159 e. The monoisotopic (exact) mass is 352 g/mol. The predicted molar refractivity (Wildman–Crippen MR) is 81.8 cm³/mol. The van der Waals surface area contributed by atoms with E-state index in [4.69, 9.17) is 4.74 Å². The van der Waals surface area contributed by atoms with Gasteiger partial charge in [-0.2, -0.15) is 0 Å². The number of halogens is 1. The minimum atomic E-state index is -1.30. The van der Waals surface area contributed by atoms with Gasteiger partial charge in [-0.05, 0) is 59.3 Å². The molecule has 5 heteroatoms. The Hall–Kier alpha value is -1.46. The maximum atomic E-state index is 12.5. The van der Waals surface area contributed by atoms with E-state index >= 15 is 0 Å². The van der Waals surface area contributed by atoms with Crippen LogP contribution in [0.5, 0.6) is 5.75 Å². The normalized spacial score (nSPS) is 11.9. The van der Waals surface area contributed by atoms with Crippen LogP contribution in [0.1, 0.15) is 17.3 Å². The largest absolute Gasteiger partial charge is 0.497 e. The molecule has 0 fully saturated rings. The van der Waals surface area contributed by atoms with Crippen molar-refractivity contribution in [3.05, 3.63) is 52.5 Å². The standard InChI is InChI=1S/C15H13BrO3S/c1-10(17)11-3-8-15(14(16)9-11)20(18)13-6-4-12(19-2)5-7-13/h3-9H,1-2H3. The van der Waals surface area contributed by atoms with Gasteiger partial charge in [0.05, 0.1) is 22.8 Å². The molecule has 104 valence electrons. The van der Waals surface area contributed by atoms with E-state index in [-0.39, 0.29) is 5.78 Å². The van der Waals surface area contributed by atoms with Gasteiger partial charge in [0.1, 0.15) is 5.75 Å². The van der Waals surface area contributed by atoms with Crippen LogP contribution in [0.3, 0.4) is 0 Å². The molecule has 0 bridgehead atoms. The Balaban J connectivity index is 2.35. The van der Waals surface area contributed by atoms with Crippen LogP contribution in [0.15, 0.2) is 56.7 Å². The first-order valence-corrected chi connectivity index (χ1v) is 7.83. The molecule has 20 heavy (non-hydrogen) atoms. The molecule has 2 aromatic carbocycles. The van der Waals surface area contributed by atoms with Crippen molar-refractivity contribution in [3.63, 3.8) is 0 Å². The third-order valence-electron chi connectivity index (χ3n) is 2.81. The Bertz CT molecular complexity index is 665. The van der Waals surface area contributed by atoms with E-state index in [2.05, 4.69) is 15.9 Å². The van der Waals surface area contributed by atoms with Gasteiger partial charge in [-0.25, -0.2) is 4.21 Å². The molecule has 0 aliphatic rings. The lowest BCUT2D eigenvalue weighted by molar-refractivity contribution is 0.101. The molecule has 1 atom stereocenters. The van der Waals surface area contributed by atoms with Crippen LogP contribution >= 0.6 is 15.9 Å². The maximum absolute atomic E-state index is 12.5. The number of ketones is 1. The second kappa shape index (κ2) is 6.33. The molecule has 0 radical (unpaired) electrons. The fourth-order valence-corrected chi connectivity index (χ4v) is 3.58. The van der Waals surface area contributed by atoms with Gasteiger partial charge in [0, 0.05) is 14.9 Å². The Kier molecular flexibility index (Phi) is 4.73. The lowest BCUT2D eigenvalue weighted by atomic mass is 10.2. The summed E-state index contributed by atoms with van der Waals surface area (Å²) in [5.74, 6) is 0.698. The van der Waals surface area contributed by atoms with Gasteiger partial charge < -0.3 is 4.74 Å². The third kappa shape index (κ3) is 3.16. The first kappa shape index (κ1) is 14.9. The summed E-state index contributed by atoms with van der Waals surface area (Å²) in [6, 6.07) is 12.2. The van der Waals surface area contributed by atoms with Crippen molar-refractivity contribution in [3.8, 4) is 5.75 Å². The number of benzene rings is 2. The van der Waals surface area contributed by atoms with E-state index in [1.807, 2.05) is 0 Å². The van der Waals surface area contributed by atoms with Gasteiger partial charge in [0.25, 0.3) is 0 Å². The molecule has 0 N–H and O–H groups in total. The van der Waals surface area contributed by atoms with Crippen LogP contribution in [0.4, 0.5) is 0 Å². The summed E-state index contributed by atoms with van der Waals surface area (Å²) in [4.78, 5) is 12.6. The molecular weight excluding hydrogens is 340 g/mol. The highest BCUT2D eigenvalue weighted by Gasteiger charge is 2.12. The summed E-state index contributed by atoms with van der Waals surface area (Å²) in [6.07, 6.45) is 0. The van der Waals surface area contributed by atoms with E-state index in [0.29, 0.717) is 19.8 Å². The molecule has 3 nitrogen and oxygen atoms in total. The van der Waals surface area contributed by atoms with E-state index in [0.717, 1.165) is 5.75 Å². The quantitative estimate of drug-likeness (QED) is 0.785. The molecule has 2 aromatic rings. The van der Waals surface area contributed by atoms with Gasteiger partial charge in [-0.3, -0.25) is 4.79 Å². The first-order valence-electron chi connectivity index (χ1n) is 5.89. The topological polar surface area (TPSA) is 43.4 Å². The second-order valence-corrected chi connectivity index (χ2v) is 6.45. The highest BCUT2D eigenvalue weighted by Crippen LogP contribution is 2.27. The average molecular weight is 353 g/mol. The van der Waals surface area contributed by atoms with E-state index in [1.54, 1.807) is 49.6 Å². The summed E-state index contributed by atoms with van der Waals surface area (Å²) in [7, 11) is 0.283. The van der Waals surface area contributed by atoms with Crippen molar-refractivity contribution in [2.24, 2.45) is 0 Å². The summed E-state index contributed by atoms with van der Waals surface area (Å²) >= 11 is 3.37. The molecule has 0 aliphatic heterocycles. The van der Waals surface area contributed by atoms with Crippen molar-refractivity contribution in [2.45, 2.75) is 16.7 Å². The molecule has 0 amide bonds. The lowest BCUT2D eigenvalue weighted by Gasteiger charge is -2.07. The Morgan fingerprint density at radius 1 is 1.15 bits per heavy atom. The maximum Gasteiger partial charge on any atom is 0.159 e. The van der Waals surface area contributed by atoms with Crippen LogP contribution in [0.25, 0.3) is 0 Å². The summed E-state index contributed by atoms with van der Waals surface area (Å²) in [5.41, 5.74) is 0.590. The Morgan fingerprint density at radius 3 is 2.30 bits per heavy atom. The SMILES string of the molecule is COc1ccc(S(=O)c2ccc(C(C)=O)cc2Br)cc1. The Labute approximate surface area is 128 Å². The van der Waals surface area contributed by atoms with Crippen LogP contribution in [0.2, 0.25) is 0 Å². The van der Waals surface area contributed by atoms with E-state index in [9.17, 15) is 9.00 Å². The van der Waals surface area contributed by atoms with Crippen LogP contribution in [-0.2, 0) is 10.8 Å². The average Bonchev–Trinajstić information content (AvgIpc) is 2.46. The van der Waals surface area contributed by atoms with Crippen molar-refractivity contribution in [2.75, 3.05) is 7.11 Å². The van der Waals surface area contributed by atoms with Crippen LogP contribution in [0, 0.1) is 0 Å². The van der Waals surface area contributed by atoms with Gasteiger partial charge in [-0.15, -0.1) is 0 Å². The summed E-state index contributed by atoms with van der Waals surface area (Å²) < 4.78 is 18.2. The van der Waals surface area contributed by atoms with E-state index in [1.165, 1.54) is 6.92 Å². The molecule has 1 unspecified atom stereocenters. The van der Waals surface area contributed by atoms with Crippen molar-refractivity contribution >= 4 is 32.5 Å². The fourth-order valence-electron chi connectivity index (χ4n) is 1.70. The van der Waals surface area contributed by atoms with Gasteiger partial charge in [0.15, 0.2) is 5.78 Å². The number of methoxy groups -OCH3 is 1. The molecule has 0 spiro atoms. The first-order chi connectivity index (χ1) is 9.52. The van der Waals surface area contributed by atoms with Crippen LogP contribution in [-0.4, -0.2) is 17.1 Å². The van der Waals surface area contributed by atoms with Crippen molar-refractivity contribution in [1.82, 2.24) is 0 Å². The highest BCUT2D eigenvalue weighted by molar-refractivity contribution is 9.10. The van der Waals surface area contributed by atoms with Gasteiger partial charge >= 0.3 is 0 Å². The highest BCUT2D eigenvalue weighted by atomic mass is 79.9. The zero-order chi connectivity index (χ0) is 14.7. The number of hydrogen-bond acceptors (Lipinski definition) is 3. The number of ether oxygens (including phenoxy) is 1. The molecule has 0 saturated heterocycles. The lowest BCUT2D eigenvalue weighted by Crippen LogP contribution is -1.97. The number of rotatable bonds is 4. The van der Waals surface area contributed by atoms with E-state index < -0.39 is 10.8 Å². The minimum absolute atomic E-state index is 0.0209. The predicted octanol–water partition coefficient (Wildman–Crippen LogP) is 3.83. The third-order valence-corrected chi connectivity index (χ3v) is 5.19. The van der Waals surface area contributed by atoms with Gasteiger partial charge in [-0.1, -0.05) is 6.07 Å².